The van der Waals surface area contributed by atoms with Gasteiger partial charge >= 0.3 is 0 Å². The van der Waals surface area contributed by atoms with Crippen LogP contribution in [0.15, 0.2) is 0 Å². The molecular weight excluding hydrogens is 274 g/mol. The summed E-state index contributed by atoms with van der Waals surface area (Å²) in [5.74, 6) is 0. The molecule has 0 aliphatic carbocycles. The molecule has 0 spiro atoms. The van der Waals surface area contributed by atoms with Crippen LogP contribution in [0, 0.1) is 0 Å². The molecule has 0 aromatic rings. The van der Waals surface area contributed by atoms with Gasteiger partial charge in [-0.05, 0) is 6.42 Å². The lowest BCUT2D eigenvalue weighted by Gasteiger charge is -2.08. The lowest BCUT2D eigenvalue weighted by atomic mass is 10.4. The van der Waals surface area contributed by atoms with Crippen LogP contribution in [-0.2, 0) is 23.7 Å². The Balaban J connectivity index is 2.90. The molecule has 0 fully saturated rings. The highest BCUT2D eigenvalue weighted by Gasteiger charge is 1.93. The molecule has 1 N–H and O–H groups in total. The fourth-order valence-electron chi connectivity index (χ4n) is 1.45. The van der Waals surface area contributed by atoms with Crippen LogP contribution in [0.2, 0.25) is 0 Å². The first kappa shape index (κ1) is 20.8. The molecule has 0 bridgehead atoms. The number of rotatable bonds is 18. The van der Waals surface area contributed by atoms with Crippen LogP contribution >= 0.6 is 0 Å². The maximum absolute atomic E-state index is 5.41. The molecule has 0 saturated heterocycles. The highest BCUT2D eigenvalue weighted by atomic mass is 16.6. The largest absolute Gasteiger partial charge is 0.383 e. The van der Waals surface area contributed by atoms with E-state index in [1.165, 1.54) is 6.42 Å². The lowest BCUT2D eigenvalue weighted by Crippen LogP contribution is -2.24. The standard InChI is InChI=1S/C15H33NO5/c1-3-4-7-18-10-12-20-14-15-21-13-11-19-9-6-16-5-8-17-2/h16H,3-15H2,1-2H3. The van der Waals surface area contributed by atoms with Crippen molar-refractivity contribution in [2.45, 2.75) is 19.8 Å². The number of ether oxygens (including phenoxy) is 5. The van der Waals surface area contributed by atoms with Crippen LogP contribution in [0.1, 0.15) is 19.8 Å². The van der Waals surface area contributed by atoms with Crippen LogP contribution in [0.5, 0.6) is 0 Å². The smallest absolute Gasteiger partial charge is 0.0701 e. The van der Waals surface area contributed by atoms with Crippen LogP contribution in [0.25, 0.3) is 0 Å². The first-order valence-electron chi connectivity index (χ1n) is 7.92. The average Bonchev–Trinajstić information content (AvgIpc) is 2.50. The van der Waals surface area contributed by atoms with E-state index in [9.17, 15) is 0 Å². The van der Waals surface area contributed by atoms with E-state index in [1.807, 2.05) is 0 Å². The predicted octanol–water partition coefficient (Wildman–Crippen LogP) is 1.09. The number of unbranched alkanes of at least 4 members (excludes halogenated alkanes) is 1. The molecule has 0 heterocycles. The summed E-state index contributed by atoms with van der Waals surface area (Å²) in [5, 5.41) is 3.21. The summed E-state index contributed by atoms with van der Waals surface area (Å²) in [6.07, 6.45) is 2.28. The fraction of sp³-hybridized carbons (Fsp3) is 1.00. The van der Waals surface area contributed by atoms with Crippen molar-refractivity contribution in [1.82, 2.24) is 5.32 Å². The topological polar surface area (TPSA) is 58.2 Å². The second kappa shape index (κ2) is 19.8. The fourth-order valence-corrected chi connectivity index (χ4v) is 1.45. The molecule has 0 atom stereocenters. The Morgan fingerprint density at radius 1 is 0.619 bits per heavy atom. The maximum Gasteiger partial charge on any atom is 0.0701 e. The summed E-state index contributed by atoms with van der Waals surface area (Å²) in [5.41, 5.74) is 0. The second-order valence-electron chi connectivity index (χ2n) is 4.55. The molecule has 21 heavy (non-hydrogen) atoms. The third-order valence-electron chi connectivity index (χ3n) is 2.66. The Hall–Kier alpha value is -0.240. The molecule has 0 radical (unpaired) electrons. The summed E-state index contributed by atoms with van der Waals surface area (Å²) in [4.78, 5) is 0. The lowest BCUT2D eigenvalue weighted by molar-refractivity contribution is -0.00174. The van der Waals surface area contributed by atoms with Gasteiger partial charge in [0.15, 0.2) is 0 Å². The zero-order valence-corrected chi connectivity index (χ0v) is 13.7. The maximum atomic E-state index is 5.41. The molecule has 0 rings (SSSR count). The SMILES string of the molecule is CCCCOCCOCCOCCOCCNCCOC. The Labute approximate surface area is 129 Å². The number of methoxy groups -OCH3 is 1. The summed E-state index contributed by atoms with van der Waals surface area (Å²) >= 11 is 0. The van der Waals surface area contributed by atoms with Crippen molar-refractivity contribution in [3.8, 4) is 0 Å². The van der Waals surface area contributed by atoms with Gasteiger partial charge in [-0.15, -0.1) is 0 Å². The molecule has 6 nitrogen and oxygen atoms in total. The first-order chi connectivity index (χ1) is 10.4. The molecule has 0 aliphatic heterocycles. The summed E-state index contributed by atoms with van der Waals surface area (Å²) in [6, 6.07) is 0. The van der Waals surface area contributed by atoms with Gasteiger partial charge in [0.05, 0.1) is 52.9 Å². The summed E-state index contributed by atoms with van der Waals surface area (Å²) in [7, 11) is 1.69. The van der Waals surface area contributed by atoms with Gasteiger partial charge < -0.3 is 29.0 Å². The van der Waals surface area contributed by atoms with E-state index in [4.69, 9.17) is 23.7 Å². The van der Waals surface area contributed by atoms with E-state index in [0.29, 0.717) is 46.2 Å². The average molecular weight is 307 g/mol. The molecule has 6 heteroatoms. The molecule has 0 aromatic heterocycles. The van der Waals surface area contributed by atoms with Gasteiger partial charge in [-0.1, -0.05) is 13.3 Å². The Kier molecular flexibility index (Phi) is 19.5. The minimum atomic E-state index is 0.602. The van der Waals surface area contributed by atoms with Crippen molar-refractivity contribution in [3.63, 3.8) is 0 Å². The summed E-state index contributed by atoms with van der Waals surface area (Å²) < 4.78 is 26.5. The number of hydrogen-bond acceptors (Lipinski definition) is 6. The van der Waals surface area contributed by atoms with Crippen LogP contribution in [0.3, 0.4) is 0 Å². The molecule has 0 aliphatic rings. The Bertz CT molecular complexity index is 165. The normalized spacial score (nSPS) is 11.1. The van der Waals surface area contributed by atoms with E-state index in [1.54, 1.807) is 7.11 Å². The van der Waals surface area contributed by atoms with E-state index >= 15 is 0 Å². The second-order valence-corrected chi connectivity index (χ2v) is 4.55. The summed E-state index contributed by atoms with van der Waals surface area (Å²) in [6.45, 7) is 9.83. The molecular formula is C15H33NO5. The van der Waals surface area contributed by atoms with Crippen molar-refractivity contribution in [2.24, 2.45) is 0 Å². The third-order valence-corrected chi connectivity index (χ3v) is 2.66. The number of hydrogen-bond donors (Lipinski definition) is 1. The van der Waals surface area contributed by atoms with Gasteiger partial charge in [0.1, 0.15) is 0 Å². The quantitative estimate of drug-likeness (QED) is 0.383. The molecule has 128 valence electrons. The highest BCUT2D eigenvalue weighted by molar-refractivity contribution is 4.44. The van der Waals surface area contributed by atoms with E-state index in [-0.39, 0.29) is 0 Å². The Morgan fingerprint density at radius 3 is 1.62 bits per heavy atom. The first-order valence-corrected chi connectivity index (χ1v) is 7.92. The minimum Gasteiger partial charge on any atom is -0.383 e. The molecule has 0 unspecified atom stereocenters. The van der Waals surface area contributed by atoms with E-state index in [2.05, 4.69) is 12.2 Å². The third kappa shape index (κ3) is 19.8. The Morgan fingerprint density at radius 2 is 1.10 bits per heavy atom. The number of nitrogens with one attached hydrogen (secondary N) is 1. The van der Waals surface area contributed by atoms with Crippen molar-refractivity contribution >= 4 is 0 Å². The minimum absolute atomic E-state index is 0.602. The van der Waals surface area contributed by atoms with Gasteiger partial charge in [0, 0.05) is 26.8 Å². The highest BCUT2D eigenvalue weighted by Crippen LogP contribution is 1.88. The van der Waals surface area contributed by atoms with Gasteiger partial charge in [-0.3, -0.25) is 0 Å². The predicted molar refractivity (Wildman–Crippen MR) is 82.9 cm³/mol. The molecule has 0 saturated carbocycles. The van der Waals surface area contributed by atoms with E-state index < -0.39 is 0 Å². The van der Waals surface area contributed by atoms with Crippen molar-refractivity contribution in [2.75, 3.05) is 79.7 Å². The zero-order chi connectivity index (χ0) is 15.4. The van der Waals surface area contributed by atoms with Crippen molar-refractivity contribution < 1.29 is 23.7 Å². The van der Waals surface area contributed by atoms with Crippen molar-refractivity contribution in [3.05, 3.63) is 0 Å². The van der Waals surface area contributed by atoms with Gasteiger partial charge in [0.2, 0.25) is 0 Å². The van der Waals surface area contributed by atoms with Gasteiger partial charge in [-0.2, -0.15) is 0 Å². The van der Waals surface area contributed by atoms with Crippen LogP contribution in [0.4, 0.5) is 0 Å². The van der Waals surface area contributed by atoms with E-state index in [0.717, 1.165) is 32.7 Å². The van der Waals surface area contributed by atoms with Gasteiger partial charge in [0.25, 0.3) is 0 Å². The molecule has 0 aromatic carbocycles. The van der Waals surface area contributed by atoms with Crippen LogP contribution < -0.4 is 5.32 Å². The van der Waals surface area contributed by atoms with Crippen LogP contribution in [-0.4, -0.2) is 79.7 Å². The molecule has 0 amide bonds. The monoisotopic (exact) mass is 307 g/mol. The zero-order valence-electron chi connectivity index (χ0n) is 13.7. The van der Waals surface area contributed by atoms with Gasteiger partial charge in [-0.25, -0.2) is 0 Å². The van der Waals surface area contributed by atoms with Crippen molar-refractivity contribution in [1.29, 1.82) is 0 Å².